The molecule has 146 valence electrons. The van der Waals surface area contributed by atoms with E-state index in [2.05, 4.69) is 15.3 Å². The van der Waals surface area contributed by atoms with Crippen LogP contribution in [0.4, 0.5) is 4.79 Å². The Morgan fingerprint density at radius 3 is 2.67 bits per heavy atom. The zero-order valence-corrected chi connectivity index (χ0v) is 15.9. The van der Waals surface area contributed by atoms with E-state index in [0.29, 0.717) is 31.5 Å². The van der Waals surface area contributed by atoms with Gasteiger partial charge < -0.3 is 15.0 Å². The van der Waals surface area contributed by atoms with Gasteiger partial charge in [-0.25, -0.2) is 14.8 Å². The van der Waals surface area contributed by atoms with E-state index in [1.807, 2.05) is 13.8 Å². The van der Waals surface area contributed by atoms with Gasteiger partial charge in [-0.15, -0.1) is 0 Å². The SMILES string of the molecule is Cc1ncnc(OCC2CCN(C(=O)C3CNC(=O)N(C)C3=O)CC2)c1C. The first-order valence-corrected chi connectivity index (χ1v) is 9.13. The number of rotatable bonds is 4. The quantitative estimate of drug-likeness (QED) is 0.769. The molecule has 3 rings (SSSR count). The first-order chi connectivity index (χ1) is 12.9. The monoisotopic (exact) mass is 375 g/mol. The molecule has 0 bridgehead atoms. The van der Waals surface area contributed by atoms with Crippen molar-refractivity contribution in [1.29, 1.82) is 0 Å². The summed E-state index contributed by atoms with van der Waals surface area (Å²) >= 11 is 0. The van der Waals surface area contributed by atoms with E-state index in [4.69, 9.17) is 4.74 Å². The van der Waals surface area contributed by atoms with Gasteiger partial charge in [-0.2, -0.15) is 0 Å². The number of imide groups is 1. The Bertz CT molecular complexity index is 745. The molecule has 2 aliphatic heterocycles. The number of carbonyl (C=O) groups is 3. The average Bonchev–Trinajstić information content (AvgIpc) is 2.67. The number of aromatic nitrogens is 2. The fourth-order valence-electron chi connectivity index (χ4n) is 3.32. The average molecular weight is 375 g/mol. The Morgan fingerprint density at radius 1 is 1.26 bits per heavy atom. The molecule has 0 radical (unpaired) electrons. The van der Waals surface area contributed by atoms with Crippen molar-refractivity contribution in [2.24, 2.45) is 11.8 Å². The zero-order chi connectivity index (χ0) is 19.6. The number of hydrogen-bond donors (Lipinski definition) is 1. The third-order valence-corrected chi connectivity index (χ3v) is 5.36. The second-order valence-corrected chi connectivity index (χ2v) is 7.10. The number of nitrogens with zero attached hydrogens (tertiary/aromatic N) is 4. The van der Waals surface area contributed by atoms with Crippen molar-refractivity contribution in [1.82, 2.24) is 25.1 Å². The molecule has 0 aromatic carbocycles. The van der Waals surface area contributed by atoms with Crippen molar-refractivity contribution in [3.8, 4) is 5.88 Å². The van der Waals surface area contributed by atoms with Crippen LogP contribution >= 0.6 is 0 Å². The maximum atomic E-state index is 12.7. The highest BCUT2D eigenvalue weighted by molar-refractivity contribution is 6.08. The predicted molar refractivity (Wildman–Crippen MR) is 96.0 cm³/mol. The molecule has 1 N–H and O–H groups in total. The first kappa shape index (κ1) is 19.1. The molecular weight excluding hydrogens is 350 g/mol. The summed E-state index contributed by atoms with van der Waals surface area (Å²) in [6.07, 6.45) is 3.10. The van der Waals surface area contributed by atoms with Crippen LogP contribution in [0.3, 0.4) is 0 Å². The van der Waals surface area contributed by atoms with Gasteiger partial charge in [0.25, 0.3) is 0 Å². The van der Waals surface area contributed by atoms with Crippen molar-refractivity contribution in [2.45, 2.75) is 26.7 Å². The maximum absolute atomic E-state index is 12.7. The smallest absolute Gasteiger partial charge is 0.323 e. The molecule has 1 unspecified atom stereocenters. The Morgan fingerprint density at radius 2 is 1.96 bits per heavy atom. The number of hydrogen-bond acceptors (Lipinski definition) is 6. The van der Waals surface area contributed by atoms with Gasteiger partial charge in [-0.05, 0) is 32.6 Å². The minimum Gasteiger partial charge on any atom is -0.477 e. The van der Waals surface area contributed by atoms with Crippen molar-refractivity contribution >= 4 is 17.8 Å². The number of likely N-dealkylation sites (tertiary alicyclic amines) is 1. The summed E-state index contributed by atoms with van der Waals surface area (Å²) in [7, 11) is 1.39. The first-order valence-electron chi connectivity index (χ1n) is 9.13. The summed E-state index contributed by atoms with van der Waals surface area (Å²) in [6.45, 7) is 5.62. The molecule has 2 aliphatic rings. The highest BCUT2D eigenvalue weighted by atomic mass is 16.5. The number of urea groups is 1. The van der Waals surface area contributed by atoms with Crippen LogP contribution < -0.4 is 10.1 Å². The van der Waals surface area contributed by atoms with E-state index in [1.54, 1.807) is 4.90 Å². The molecule has 4 amide bonds. The van der Waals surface area contributed by atoms with E-state index in [9.17, 15) is 14.4 Å². The number of aryl methyl sites for hydroxylation is 1. The van der Waals surface area contributed by atoms with Gasteiger partial charge in [0.05, 0.1) is 6.61 Å². The van der Waals surface area contributed by atoms with Crippen LogP contribution in [0.2, 0.25) is 0 Å². The van der Waals surface area contributed by atoms with Gasteiger partial charge in [-0.1, -0.05) is 0 Å². The summed E-state index contributed by atoms with van der Waals surface area (Å²) in [5.74, 6) is -0.551. The Hall–Kier alpha value is -2.71. The molecule has 9 nitrogen and oxygen atoms in total. The largest absolute Gasteiger partial charge is 0.477 e. The summed E-state index contributed by atoms with van der Waals surface area (Å²) in [5, 5.41) is 2.58. The summed E-state index contributed by atoms with van der Waals surface area (Å²) in [4.78, 5) is 47.3. The normalized spacial score (nSPS) is 21.2. The Labute approximate surface area is 158 Å². The molecule has 0 saturated carbocycles. The van der Waals surface area contributed by atoms with Gasteiger partial charge in [0.1, 0.15) is 12.2 Å². The molecule has 2 saturated heterocycles. The highest BCUT2D eigenvalue weighted by Crippen LogP contribution is 2.22. The third kappa shape index (κ3) is 4.01. The van der Waals surface area contributed by atoms with Crippen molar-refractivity contribution in [2.75, 3.05) is 33.3 Å². The van der Waals surface area contributed by atoms with E-state index in [-0.39, 0.29) is 12.5 Å². The maximum Gasteiger partial charge on any atom is 0.323 e. The van der Waals surface area contributed by atoms with Crippen molar-refractivity contribution < 1.29 is 19.1 Å². The van der Waals surface area contributed by atoms with Gasteiger partial charge in [0.15, 0.2) is 0 Å². The van der Waals surface area contributed by atoms with Gasteiger partial charge in [0, 0.05) is 37.9 Å². The fourth-order valence-corrected chi connectivity index (χ4v) is 3.32. The number of nitrogens with one attached hydrogen (secondary N) is 1. The highest BCUT2D eigenvalue weighted by Gasteiger charge is 2.39. The lowest BCUT2D eigenvalue weighted by molar-refractivity contribution is -0.146. The molecule has 1 atom stereocenters. The minimum absolute atomic E-state index is 0.0657. The lowest BCUT2D eigenvalue weighted by Gasteiger charge is -2.36. The number of amides is 4. The van der Waals surface area contributed by atoms with Gasteiger partial charge in [-0.3, -0.25) is 14.5 Å². The van der Waals surface area contributed by atoms with E-state index < -0.39 is 17.9 Å². The summed E-state index contributed by atoms with van der Waals surface area (Å²) in [6, 6.07) is -0.463. The second-order valence-electron chi connectivity index (χ2n) is 7.10. The van der Waals surface area contributed by atoms with Crippen LogP contribution in [0.5, 0.6) is 5.88 Å². The van der Waals surface area contributed by atoms with E-state index >= 15 is 0 Å². The summed E-state index contributed by atoms with van der Waals surface area (Å²) in [5.41, 5.74) is 1.83. The molecule has 2 fully saturated rings. The predicted octanol–water partition coefficient (Wildman–Crippen LogP) is 0.509. The van der Waals surface area contributed by atoms with E-state index in [0.717, 1.165) is 29.0 Å². The topological polar surface area (TPSA) is 105 Å². The molecule has 0 spiro atoms. The van der Waals surface area contributed by atoms with Crippen LogP contribution in [-0.4, -0.2) is 70.9 Å². The number of piperidine rings is 1. The number of ether oxygens (including phenoxy) is 1. The molecular formula is C18H25N5O4. The minimum atomic E-state index is -0.827. The molecule has 3 heterocycles. The third-order valence-electron chi connectivity index (χ3n) is 5.36. The molecule has 0 aliphatic carbocycles. The Kier molecular flexibility index (Phi) is 5.57. The molecule has 1 aromatic heterocycles. The second kappa shape index (κ2) is 7.89. The molecule has 27 heavy (non-hydrogen) atoms. The summed E-state index contributed by atoms with van der Waals surface area (Å²) < 4.78 is 5.85. The fraction of sp³-hybridized carbons (Fsp3) is 0.611. The van der Waals surface area contributed by atoms with Crippen LogP contribution in [0.15, 0.2) is 6.33 Å². The zero-order valence-electron chi connectivity index (χ0n) is 15.9. The van der Waals surface area contributed by atoms with Crippen LogP contribution in [0.25, 0.3) is 0 Å². The lowest BCUT2D eigenvalue weighted by atomic mass is 9.95. The van der Waals surface area contributed by atoms with Crippen LogP contribution in [0.1, 0.15) is 24.1 Å². The van der Waals surface area contributed by atoms with Crippen LogP contribution in [-0.2, 0) is 9.59 Å². The van der Waals surface area contributed by atoms with Gasteiger partial charge in [0.2, 0.25) is 17.7 Å². The standard InChI is InChI=1S/C18H25N5O4/c1-11-12(2)20-10-21-15(11)27-9-13-4-6-23(7-5-13)17(25)14-8-19-18(26)22(3)16(14)24/h10,13-14H,4-9H2,1-3H3,(H,19,26). The van der Waals surface area contributed by atoms with Crippen molar-refractivity contribution in [3.63, 3.8) is 0 Å². The van der Waals surface area contributed by atoms with Crippen molar-refractivity contribution in [3.05, 3.63) is 17.6 Å². The molecule has 9 heteroatoms. The number of carbonyl (C=O) groups excluding carboxylic acids is 3. The Balaban J connectivity index is 1.50. The van der Waals surface area contributed by atoms with Crippen LogP contribution in [0, 0.1) is 25.7 Å². The van der Waals surface area contributed by atoms with Gasteiger partial charge >= 0.3 is 6.03 Å². The lowest BCUT2D eigenvalue weighted by Crippen LogP contribution is -2.58. The van der Waals surface area contributed by atoms with E-state index in [1.165, 1.54) is 13.4 Å². The molecule has 1 aromatic rings.